The van der Waals surface area contributed by atoms with E-state index in [0.717, 1.165) is 47.9 Å². The van der Waals surface area contributed by atoms with E-state index in [2.05, 4.69) is 10.6 Å². The number of Topliss-reactive ketones (excluding diaryl/α,β-unsaturated/α-hetero) is 1. The number of carbonyl (C=O) groups is 7. The number of hydrogen-bond acceptors (Lipinski definition) is 12. The van der Waals surface area contributed by atoms with Crippen molar-refractivity contribution >= 4 is 41.5 Å². The lowest BCUT2D eigenvalue weighted by Gasteiger charge is -2.18. The predicted octanol–water partition coefficient (Wildman–Crippen LogP) is 9.94. The summed E-state index contributed by atoms with van der Waals surface area (Å²) in [6, 6.07) is 36.6. The molecule has 4 aromatic carbocycles. The van der Waals surface area contributed by atoms with Gasteiger partial charge in [-0.05, 0) is 92.9 Å². The third kappa shape index (κ3) is 27.8. The van der Waals surface area contributed by atoms with Crippen molar-refractivity contribution in [3.8, 4) is 0 Å². The molecule has 0 radical (unpaired) electrons. The van der Waals surface area contributed by atoms with Crippen LogP contribution < -0.4 is 10.6 Å². The van der Waals surface area contributed by atoms with Gasteiger partial charge in [-0.2, -0.15) is 0 Å². The van der Waals surface area contributed by atoms with E-state index >= 15 is 0 Å². The lowest BCUT2D eigenvalue weighted by atomic mass is 9.92. The molecule has 0 bridgehead atoms. The lowest BCUT2D eigenvalue weighted by molar-refractivity contribution is -0.151. The standard InChI is InChI=1S/C63H84N2O12/c1-2-53(44-49-28-12-7-13-29-49)60(70)74-40-24-26-42-76-62(72)56(46-51-32-16-9-17-33-51)64-58(68)37-21-6-4-3-5-20-36-55(67)48-54(45-50-30-14-8-15-31-50)61(71)75-41-25-27-43-77-63(73)57(47-52-34-18-10-19-35-52)65-59(69)38-22-11-23-39-66/h7-10,12-19,28-35,53-54,56-57,66H,2-6,11,20-27,36-48H2,1H3,(H,64,68)(H,65,69). The van der Waals surface area contributed by atoms with Crippen LogP contribution in [0.1, 0.15) is 145 Å². The van der Waals surface area contributed by atoms with Crippen molar-refractivity contribution in [1.29, 1.82) is 0 Å². The van der Waals surface area contributed by atoms with Gasteiger partial charge < -0.3 is 34.7 Å². The summed E-state index contributed by atoms with van der Waals surface area (Å²) < 4.78 is 22.3. The van der Waals surface area contributed by atoms with Gasteiger partial charge in [0, 0.05) is 45.1 Å². The highest BCUT2D eigenvalue weighted by molar-refractivity contribution is 5.86. The maximum absolute atomic E-state index is 13.4. The van der Waals surface area contributed by atoms with E-state index in [1.165, 1.54) is 0 Å². The maximum atomic E-state index is 13.4. The molecule has 0 aliphatic carbocycles. The molecule has 4 atom stereocenters. The zero-order valence-corrected chi connectivity index (χ0v) is 45.4. The van der Waals surface area contributed by atoms with Crippen LogP contribution in [0.5, 0.6) is 0 Å². The number of esters is 4. The monoisotopic (exact) mass is 1060 g/mol. The number of nitrogens with one attached hydrogen (secondary N) is 2. The molecule has 14 nitrogen and oxygen atoms in total. The minimum atomic E-state index is -0.852. The number of benzene rings is 4. The van der Waals surface area contributed by atoms with Crippen molar-refractivity contribution in [2.45, 2.75) is 160 Å². The van der Waals surface area contributed by atoms with Gasteiger partial charge in [-0.15, -0.1) is 0 Å². The molecule has 4 aromatic rings. The number of ketones is 1. The molecule has 4 rings (SSSR count). The number of ether oxygens (including phenoxy) is 4. The molecule has 0 aliphatic heterocycles. The number of hydrogen-bond donors (Lipinski definition) is 3. The number of amides is 2. The normalized spacial score (nSPS) is 12.5. The Labute approximate surface area is 456 Å². The fourth-order valence-corrected chi connectivity index (χ4v) is 8.85. The summed E-state index contributed by atoms with van der Waals surface area (Å²) in [7, 11) is 0. The first-order chi connectivity index (χ1) is 37.5. The first kappa shape index (κ1) is 62.9. The van der Waals surface area contributed by atoms with Gasteiger partial charge in [0.1, 0.15) is 17.9 Å². The van der Waals surface area contributed by atoms with Crippen LogP contribution in [0.4, 0.5) is 0 Å². The van der Waals surface area contributed by atoms with E-state index in [0.29, 0.717) is 89.9 Å². The van der Waals surface area contributed by atoms with Crippen LogP contribution in [0.25, 0.3) is 0 Å². The highest BCUT2D eigenvalue weighted by Gasteiger charge is 2.26. The van der Waals surface area contributed by atoms with Gasteiger partial charge in [-0.3, -0.25) is 24.0 Å². The largest absolute Gasteiger partial charge is 0.465 e. The fraction of sp³-hybridized carbons (Fsp3) is 0.508. The van der Waals surface area contributed by atoms with Crippen LogP contribution in [-0.2, 0) is 78.2 Å². The minimum Gasteiger partial charge on any atom is -0.465 e. The topological polar surface area (TPSA) is 201 Å². The Bertz CT molecular complexity index is 2300. The summed E-state index contributed by atoms with van der Waals surface area (Å²) in [4.78, 5) is 91.3. The Morgan fingerprint density at radius 3 is 1.10 bits per heavy atom. The third-order valence-electron chi connectivity index (χ3n) is 13.3. The van der Waals surface area contributed by atoms with Crippen LogP contribution in [0.2, 0.25) is 0 Å². The van der Waals surface area contributed by atoms with Crippen molar-refractivity contribution in [3.63, 3.8) is 0 Å². The summed E-state index contributed by atoms with van der Waals surface area (Å²) in [5, 5.41) is 14.7. The fourth-order valence-electron chi connectivity index (χ4n) is 8.85. The zero-order valence-electron chi connectivity index (χ0n) is 45.4. The molecule has 14 heteroatoms. The van der Waals surface area contributed by atoms with Crippen molar-refractivity contribution in [1.82, 2.24) is 10.6 Å². The molecule has 0 aliphatic rings. The molecule has 0 heterocycles. The second-order valence-electron chi connectivity index (χ2n) is 19.8. The molecule has 0 spiro atoms. The molecule has 418 valence electrons. The van der Waals surface area contributed by atoms with E-state index in [1.807, 2.05) is 128 Å². The average Bonchev–Trinajstić information content (AvgIpc) is 3.44. The van der Waals surface area contributed by atoms with Gasteiger partial charge in [0.25, 0.3) is 0 Å². The van der Waals surface area contributed by atoms with Crippen molar-refractivity contribution < 1.29 is 57.6 Å². The van der Waals surface area contributed by atoms with Gasteiger partial charge in [-0.1, -0.05) is 160 Å². The van der Waals surface area contributed by atoms with E-state index in [9.17, 15) is 33.6 Å². The number of unbranched alkanes of at least 4 members (excludes halogenated alkanes) is 9. The highest BCUT2D eigenvalue weighted by atomic mass is 16.5. The second-order valence-corrected chi connectivity index (χ2v) is 19.8. The van der Waals surface area contributed by atoms with Crippen LogP contribution in [0.15, 0.2) is 121 Å². The predicted molar refractivity (Wildman–Crippen MR) is 296 cm³/mol. The van der Waals surface area contributed by atoms with Gasteiger partial charge in [0.05, 0.1) is 38.3 Å². The number of aliphatic hydroxyl groups is 1. The Hall–Kier alpha value is -6.67. The molecular formula is C63H84N2O12. The quantitative estimate of drug-likeness (QED) is 0.0216. The second kappa shape index (κ2) is 38.8. The molecule has 2 amide bonds. The first-order valence-electron chi connectivity index (χ1n) is 28.1. The number of rotatable bonds is 41. The van der Waals surface area contributed by atoms with Crippen molar-refractivity contribution in [2.75, 3.05) is 33.0 Å². The molecular weight excluding hydrogens is 977 g/mol. The minimum absolute atomic E-state index is 0.00174. The van der Waals surface area contributed by atoms with E-state index in [-0.39, 0.29) is 88.2 Å². The molecule has 0 aromatic heterocycles. The first-order valence-corrected chi connectivity index (χ1v) is 28.1. The average molecular weight is 1060 g/mol. The highest BCUT2D eigenvalue weighted by Crippen LogP contribution is 2.19. The van der Waals surface area contributed by atoms with Gasteiger partial charge in [0.15, 0.2) is 0 Å². The molecule has 0 fully saturated rings. The molecule has 0 saturated carbocycles. The summed E-state index contributed by atoms with van der Waals surface area (Å²) in [5.74, 6) is -3.04. The van der Waals surface area contributed by atoms with Crippen LogP contribution >= 0.6 is 0 Å². The maximum Gasteiger partial charge on any atom is 0.328 e. The van der Waals surface area contributed by atoms with E-state index < -0.39 is 35.9 Å². The van der Waals surface area contributed by atoms with Crippen LogP contribution in [-0.4, -0.2) is 91.7 Å². The van der Waals surface area contributed by atoms with Gasteiger partial charge >= 0.3 is 23.9 Å². The number of carbonyl (C=O) groups excluding carboxylic acids is 7. The van der Waals surface area contributed by atoms with Crippen molar-refractivity contribution in [2.24, 2.45) is 11.8 Å². The third-order valence-corrected chi connectivity index (χ3v) is 13.3. The lowest BCUT2D eigenvalue weighted by Crippen LogP contribution is -2.43. The van der Waals surface area contributed by atoms with Crippen molar-refractivity contribution in [3.05, 3.63) is 144 Å². The Balaban J connectivity index is 1.10. The van der Waals surface area contributed by atoms with Crippen LogP contribution in [0.3, 0.4) is 0 Å². The molecule has 77 heavy (non-hydrogen) atoms. The summed E-state index contributed by atoms with van der Waals surface area (Å²) in [5.41, 5.74) is 3.80. The molecule has 4 unspecified atom stereocenters. The summed E-state index contributed by atoms with van der Waals surface area (Å²) in [6.07, 6.45) is 11.8. The SMILES string of the molecule is CCC(Cc1ccccc1)C(=O)OCCCCOC(=O)C(Cc1ccccc1)NC(=O)CCCCCCCCC(=O)CC(Cc1ccccc1)C(=O)OCCCCOC(=O)C(Cc1ccccc1)NC(=O)CCCCCO. The molecule has 3 N–H and O–H groups in total. The number of aliphatic hydroxyl groups excluding tert-OH is 1. The summed E-state index contributed by atoms with van der Waals surface area (Å²) >= 11 is 0. The summed E-state index contributed by atoms with van der Waals surface area (Å²) in [6.45, 7) is 2.62. The zero-order chi connectivity index (χ0) is 55.1. The Morgan fingerprint density at radius 1 is 0.390 bits per heavy atom. The van der Waals surface area contributed by atoms with Gasteiger partial charge in [-0.25, -0.2) is 9.59 Å². The Morgan fingerprint density at radius 2 is 0.714 bits per heavy atom. The van der Waals surface area contributed by atoms with E-state index in [1.54, 1.807) is 0 Å². The smallest absolute Gasteiger partial charge is 0.328 e. The molecule has 0 saturated heterocycles. The van der Waals surface area contributed by atoms with Gasteiger partial charge in [0.2, 0.25) is 11.8 Å². The van der Waals surface area contributed by atoms with E-state index in [4.69, 9.17) is 24.1 Å². The Kier molecular flexibility index (Phi) is 31.7. The van der Waals surface area contributed by atoms with Crippen LogP contribution in [0, 0.1) is 11.8 Å².